The number of amides is 2. The maximum atomic E-state index is 14.3. The fraction of sp³-hybridized carbons (Fsp3) is 0.200. The van der Waals surface area contributed by atoms with Crippen molar-refractivity contribution < 1.29 is 22.7 Å². The number of halogens is 1. The lowest BCUT2D eigenvalue weighted by Crippen LogP contribution is -2.49. The standard InChI is InChI=1S/C35H29ClN4O5S/c1-2-16-45-31-14-13-24(19-30(31)36)33-25(21-39(38-33)26-11-7-4-8-12-26)18-28-32(23-9-5-3-6-10-23)29(20-37)35(42)40(34(28)41)27-15-17-46(43,44)22-27/h3-14,18-19,21,27H,2,15-17,22H2,1H3/b28-18-. The first-order valence-electron chi connectivity index (χ1n) is 14.8. The normalized spacial score (nSPS) is 18.7. The van der Waals surface area contributed by atoms with Gasteiger partial charge in [0.05, 0.1) is 40.4 Å². The zero-order chi connectivity index (χ0) is 32.4. The van der Waals surface area contributed by atoms with Crippen LogP contribution in [-0.4, -0.2) is 59.1 Å². The van der Waals surface area contributed by atoms with Crippen molar-refractivity contribution >= 4 is 44.9 Å². The average molecular weight is 653 g/mol. The maximum absolute atomic E-state index is 14.3. The molecule has 3 heterocycles. The third-order valence-electron chi connectivity index (χ3n) is 7.88. The number of carbonyl (C=O) groups excluding carboxylic acids is 2. The summed E-state index contributed by atoms with van der Waals surface area (Å²) in [5.41, 5.74) is 2.95. The molecule has 1 fully saturated rings. The molecular weight excluding hydrogens is 624 g/mol. The van der Waals surface area contributed by atoms with Crippen molar-refractivity contribution in [2.75, 3.05) is 18.1 Å². The Kier molecular flexibility index (Phi) is 8.63. The molecule has 0 bridgehead atoms. The first-order chi connectivity index (χ1) is 22.2. The van der Waals surface area contributed by atoms with Gasteiger partial charge in [-0.3, -0.25) is 14.5 Å². The van der Waals surface area contributed by atoms with Gasteiger partial charge in [-0.15, -0.1) is 0 Å². The average Bonchev–Trinajstić information content (AvgIpc) is 3.65. The molecule has 0 saturated carbocycles. The molecule has 4 aromatic rings. The van der Waals surface area contributed by atoms with Crippen molar-refractivity contribution in [3.63, 3.8) is 0 Å². The summed E-state index contributed by atoms with van der Waals surface area (Å²) in [5.74, 6) is -1.44. The highest BCUT2D eigenvalue weighted by molar-refractivity contribution is 7.91. The van der Waals surface area contributed by atoms with Gasteiger partial charge in [0.1, 0.15) is 23.1 Å². The van der Waals surface area contributed by atoms with Crippen LogP contribution in [0.5, 0.6) is 5.75 Å². The van der Waals surface area contributed by atoms with Crippen molar-refractivity contribution in [3.8, 4) is 28.8 Å². The van der Waals surface area contributed by atoms with Gasteiger partial charge in [-0.05, 0) is 54.8 Å². The van der Waals surface area contributed by atoms with Gasteiger partial charge in [-0.1, -0.05) is 67.1 Å². The van der Waals surface area contributed by atoms with Gasteiger partial charge in [0.25, 0.3) is 11.8 Å². The maximum Gasteiger partial charge on any atom is 0.272 e. The first kappa shape index (κ1) is 31.0. The van der Waals surface area contributed by atoms with Crippen LogP contribution in [0.1, 0.15) is 30.9 Å². The monoisotopic (exact) mass is 652 g/mol. The third-order valence-corrected chi connectivity index (χ3v) is 9.92. The van der Waals surface area contributed by atoms with Crippen LogP contribution >= 0.6 is 11.6 Å². The molecule has 46 heavy (non-hydrogen) atoms. The molecular formula is C35H29ClN4O5S. The summed E-state index contributed by atoms with van der Waals surface area (Å²) in [7, 11) is -3.44. The minimum Gasteiger partial charge on any atom is -0.492 e. The van der Waals surface area contributed by atoms with Crippen molar-refractivity contribution in [1.29, 1.82) is 5.26 Å². The molecule has 11 heteroatoms. The van der Waals surface area contributed by atoms with Gasteiger partial charge in [0, 0.05) is 22.9 Å². The van der Waals surface area contributed by atoms with E-state index in [-0.39, 0.29) is 34.6 Å². The van der Waals surface area contributed by atoms with Crippen LogP contribution in [0.3, 0.4) is 0 Å². The molecule has 0 spiro atoms. The fourth-order valence-corrected chi connectivity index (χ4v) is 7.64. The number of hydrogen-bond acceptors (Lipinski definition) is 7. The molecule has 0 aliphatic carbocycles. The summed E-state index contributed by atoms with van der Waals surface area (Å²) in [6.45, 7) is 2.51. The zero-order valence-corrected chi connectivity index (χ0v) is 26.5. The van der Waals surface area contributed by atoms with E-state index < -0.39 is 27.7 Å². The molecule has 6 rings (SSSR count). The molecule has 1 atom stereocenters. The van der Waals surface area contributed by atoms with E-state index in [1.165, 1.54) is 0 Å². The Bertz CT molecular complexity index is 2050. The van der Waals surface area contributed by atoms with Gasteiger partial charge in [0.15, 0.2) is 9.84 Å². The van der Waals surface area contributed by atoms with Crippen LogP contribution in [0.25, 0.3) is 28.6 Å². The summed E-state index contributed by atoms with van der Waals surface area (Å²) in [6.07, 6.45) is 4.30. The summed E-state index contributed by atoms with van der Waals surface area (Å²) < 4.78 is 32.2. The second-order valence-electron chi connectivity index (χ2n) is 11.0. The van der Waals surface area contributed by atoms with E-state index in [9.17, 15) is 23.3 Å². The van der Waals surface area contributed by atoms with Gasteiger partial charge >= 0.3 is 0 Å². The molecule has 2 amide bonds. The van der Waals surface area contributed by atoms with Crippen LogP contribution in [0.2, 0.25) is 5.02 Å². The number of nitrogens with zero attached hydrogens (tertiary/aromatic N) is 4. The Hall–Kier alpha value is -4.98. The number of carbonyl (C=O) groups is 2. The first-order valence-corrected chi connectivity index (χ1v) is 17.0. The van der Waals surface area contributed by atoms with Gasteiger partial charge in [-0.2, -0.15) is 10.4 Å². The van der Waals surface area contributed by atoms with Gasteiger partial charge < -0.3 is 4.74 Å². The van der Waals surface area contributed by atoms with E-state index in [0.29, 0.717) is 39.8 Å². The van der Waals surface area contributed by atoms with Crippen LogP contribution in [-0.2, 0) is 19.4 Å². The molecule has 1 saturated heterocycles. The number of benzene rings is 3. The van der Waals surface area contributed by atoms with Crippen molar-refractivity contribution in [2.45, 2.75) is 25.8 Å². The van der Waals surface area contributed by atoms with E-state index in [4.69, 9.17) is 21.4 Å². The zero-order valence-electron chi connectivity index (χ0n) is 24.9. The van der Waals surface area contributed by atoms with Gasteiger partial charge in [0.2, 0.25) is 0 Å². The number of hydrogen-bond donors (Lipinski definition) is 0. The largest absolute Gasteiger partial charge is 0.492 e. The third kappa shape index (κ3) is 5.99. The Balaban J connectivity index is 1.57. The highest BCUT2D eigenvalue weighted by Crippen LogP contribution is 2.39. The Morgan fingerprint density at radius 1 is 1.02 bits per heavy atom. The molecule has 2 aliphatic heterocycles. The van der Waals surface area contributed by atoms with E-state index in [2.05, 4.69) is 0 Å². The summed E-state index contributed by atoms with van der Waals surface area (Å²) in [6, 6.07) is 24.6. The SMILES string of the molecule is CCCOc1ccc(-c2nn(-c3ccccc3)cc2/C=C2\C(=O)N(C3CCS(=O)(=O)C3)C(=O)C(C#N)=C2c2ccccc2)cc1Cl. The minimum atomic E-state index is -3.44. The molecule has 232 valence electrons. The summed E-state index contributed by atoms with van der Waals surface area (Å²) in [4.78, 5) is 29.0. The van der Waals surface area contributed by atoms with Crippen molar-refractivity contribution in [2.24, 2.45) is 0 Å². The smallest absolute Gasteiger partial charge is 0.272 e. The fourth-order valence-electron chi connectivity index (χ4n) is 5.71. The lowest BCUT2D eigenvalue weighted by atomic mass is 9.86. The second kappa shape index (κ2) is 12.8. The Labute approximate surface area is 271 Å². The highest BCUT2D eigenvalue weighted by atomic mass is 35.5. The second-order valence-corrected chi connectivity index (χ2v) is 13.7. The van der Waals surface area contributed by atoms with Crippen LogP contribution in [0, 0.1) is 11.3 Å². The number of nitriles is 1. The number of imide groups is 1. The van der Waals surface area contributed by atoms with Crippen molar-refractivity contribution in [1.82, 2.24) is 14.7 Å². The van der Waals surface area contributed by atoms with E-state index >= 15 is 0 Å². The molecule has 2 aliphatic rings. The quantitative estimate of drug-likeness (QED) is 0.172. The van der Waals surface area contributed by atoms with E-state index in [0.717, 1.165) is 17.0 Å². The molecule has 1 unspecified atom stereocenters. The Morgan fingerprint density at radius 3 is 2.37 bits per heavy atom. The van der Waals surface area contributed by atoms with Gasteiger partial charge in [-0.25, -0.2) is 13.1 Å². The van der Waals surface area contributed by atoms with Crippen LogP contribution in [0.4, 0.5) is 0 Å². The number of sulfone groups is 1. The van der Waals surface area contributed by atoms with E-state index in [1.54, 1.807) is 59.4 Å². The number of ether oxygens (including phenoxy) is 1. The molecule has 3 aromatic carbocycles. The molecule has 0 radical (unpaired) electrons. The molecule has 9 nitrogen and oxygen atoms in total. The molecule has 0 N–H and O–H groups in total. The minimum absolute atomic E-state index is 0.0782. The predicted octanol–water partition coefficient (Wildman–Crippen LogP) is 5.90. The summed E-state index contributed by atoms with van der Waals surface area (Å²) >= 11 is 6.61. The highest BCUT2D eigenvalue weighted by Gasteiger charge is 2.45. The number of para-hydroxylation sites is 1. The lowest BCUT2D eigenvalue weighted by molar-refractivity contribution is -0.142. The van der Waals surface area contributed by atoms with Crippen LogP contribution < -0.4 is 4.74 Å². The number of rotatable bonds is 8. The number of aromatic nitrogens is 2. The van der Waals surface area contributed by atoms with E-state index in [1.807, 2.05) is 49.4 Å². The topological polar surface area (TPSA) is 122 Å². The Morgan fingerprint density at radius 2 is 1.74 bits per heavy atom. The predicted molar refractivity (Wildman–Crippen MR) is 176 cm³/mol. The molecule has 1 aromatic heterocycles. The summed E-state index contributed by atoms with van der Waals surface area (Å²) in [5, 5.41) is 15.5. The van der Waals surface area contributed by atoms with Crippen LogP contribution in [0.15, 0.2) is 96.2 Å². The lowest BCUT2D eigenvalue weighted by Gasteiger charge is -2.32. The van der Waals surface area contributed by atoms with Crippen molar-refractivity contribution in [3.05, 3.63) is 112 Å².